The lowest BCUT2D eigenvalue weighted by Crippen LogP contribution is -2.02. The summed E-state index contributed by atoms with van der Waals surface area (Å²) in [6.07, 6.45) is 2.66. The number of nitro groups is 1. The third kappa shape index (κ3) is 2.88. The Hall–Kier alpha value is -2.43. The van der Waals surface area contributed by atoms with Crippen molar-refractivity contribution in [2.24, 2.45) is 0 Å². The van der Waals surface area contributed by atoms with Crippen LogP contribution in [0.25, 0.3) is 10.9 Å². The Kier molecular flexibility index (Phi) is 3.75. The molecule has 0 saturated heterocycles. The number of nitrogens with one attached hydrogen (secondary N) is 1. The molecule has 0 bridgehead atoms. The van der Waals surface area contributed by atoms with Gasteiger partial charge in [0.15, 0.2) is 0 Å². The number of fused-ring (bicyclic) bond motifs is 1. The Bertz CT molecular complexity index is 638. The smallest absolute Gasteiger partial charge is 0.270 e. The molecule has 1 aromatic heterocycles. The molecule has 1 heterocycles. The minimum Gasteiger partial charge on any atom is -0.384 e. The fraction of sp³-hybridized carbons (Fsp3) is 0.214. The molecule has 2 aromatic rings. The standard InChI is InChI=1S/C14H15N3O2/c1-3-4-7-15-14-8-10(2)16-13-6-5-11(17(18)19)9-12(13)14/h3,5-6,8-9H,1,4,7H2,2H3,(H,15,16). The third-order valence-corrected chi connectivity index (χ3v) is 2.80. The van der Waals surface area contributed by atoms with Crippen molar-refractivity contribution in [3.8, 4) is 0 Å². The fourth-order valence-electron chi connectivity index (χ4n) is 1.91. The number of hydrogen-bond donors (Lipinski definition) is 1. The molecule has 0 aliphatic heterocycles. The SMILES string of the molecule is C=CCCNc1cc(C)nc2ccc([N+](=O)[O-])cc12. The van der Waals surface area contributed by atoms with E-state index < -0.39 is 4.92 Å². The quantitative estimate of drug-likeness (QED) is 0.385. The number of rotatable bonds is 5. The largest absolute Gasteiger partial charge is 0.384 e. The van der Waals surface area contributed by atoms with Gasteiger partial charge in [0.25, 0.3) is 5.69 Å². The summed E-state index contributed by atoms with van der Waals surface area (Å²) in [5.41, 5.74) is 2.58. The molecule has 0 spiro atoms. The molecule has 98 valence electrons. The lowest BCUT2D eigenvalue weighted by Gasteiger charge is -2.09. The monoisotopic (exact) mass is 257 g/mol. The number of nitrogens with zero attached hydrogens (tertiary/aromatic N) is 2. The second-order valence-corrected chi connectivity index (χ2v) is 4.27. The van der Waals surface area contributed by atoms with Gasteiger partial charge in [0.2, 0.25) is 0 Å². The summed E-state index contributed by atoms with van der Waals surface area (Å²) in [7, 11) is 0. The van der Waals surface area contributed by atoms with Gasteiger partial charge in [-0.25, -0.2) is 0 Å². The van der Waals surface area contributed by atoms with E-state index >= 15 is 0 Å². The first-order chi connectivity index (χ1) is 9.11. The average molecular weight is 257 g/mol. The number of benzene rings is 1. The zero-order chi connectivity index (χ0) is 13.8. The number of hydrogen-bond acceptors (Lipinski definition) is 4. The Morgan fingerprint density at radius 2 is 2.26 bits per heavy atom. The molecule has 0 unspecified atom stereocenters. The number of anilines is 1. The summed E-state index contributed by atoms with van der Waals surface area (Å²) in [5, 5.41) is 14.9. The van der Waals surface area contributed by atoms with Crippen molar-refractivity contribution in [3.05, 3.63) is 52.7 Å². The van der Waals surface area contributed by atoms with Crippen LogP contribution in [-0.4, -0.2) is 16.5 Å². The summed E-state index contributed by atoms with van der Waals surface area (Å²) < 4.78 is 0. The number of non-ortho nitro benzene ring substituents is 1. The number of pyridine rings is 1. The van der Waals surface area contributed by atoms with Crippen LogP contribution in [0.5, 0.6) is 0 Å². The molecule has 0 aliphatic rings. The topological polar surface area (TPSA) is 68.1 Å². The van der Waals surface area contributed by atoms with Crippen molar-refractivity contribution in [3.63, 3.8) is 0 Å². The fourth-order valence-corrected chi connectivity index (χ4v) is 1.91. The number of aromatic nitrogens is 1. The predicted octanol–water partition coefficient (Wildman–Crippen LogP) is 3.44. The van der Waals surface area contributed by atoms with Gasteiger partial charge in [-0.1, -0.05) is 6.08 Å². The maximum atomic E-state index is 10.8. The minimum absolute atomic E-state index is 0.0740. The van der Waals surface area contributed by atoms with Crippen molar-refractivity contribution in [2.75, 3.05) is 11.9 Å². The Morgan fingerprint density at radius 3 is 2.95 bits per heavy atom. The zero-order valence-electron chi connectivity index (χ0n) is 10.7. The molecular formula is C14H15N3O2. The second kappa shape index (κ2) is 5.48. The molecule has 0 aliphatic carbocycles. The van der Waals surface area contributed by atoms with Crippen molar-refractivity contribution in [1.29, 1.82) is 0 Å². The summed E-state index contributed by atoms with van der Waals surface area (Å²) in [4.78, 5) is 14.8. The molecule has 19 heavy (non-hydrogen) atoms. The highest BCUT2D eigenvalue weighted by Gasteiger charge is 2.10. The molecule has 0 fully saturated rings. The van der Waals surface area contributed by atoms with Crippen LogP contribution in [0.4, 0.5) is 11.4 Å². The Balaban J connectivity index is 2.49. The molecule has 0 radical (unpaired) electrons. The Morgan fingerprint density at radius 1 is 1.47 bits per heavy atom. The summed E-state index contributed by atoms with van der Waals surface area (Å²) in [6.45, 7) is 6.31. The van der Waals surface area contributed by atoms with Crippen LogP contribution in [0.3, 0.4) is 0 Å². The minimum atomic E-state index is -0.396. The van der Waals surface area contributed by atoms with Crippen molar-refractivity contribution in [2.45, 2.75) is 13.3 Å². The highest BCUT2D eigenvalue weighted by atomic mass is 16.6. The van der Waals surface area contributed by atoms with E-state index in [0.717, 1.165) is 35.2 Å². The second-order valence-electron chi connectivity index (χ2n) is 4.27. The maximum Gasteiger partial charge on any atom is 0.270 e. The average Bonchev–Trinajstić information content (AvgIpc) is 2.38. The van der Waals surface area contributed by atoms with E-state index in [4.69, 9.17) is 0 Å². The lowest BCUT2D eigenvalue weighted by molar-refractivity contribution is -0.384. The summed E-state index contributed by atoms with van der Waals surface area (Å²) in [6, 6.07) is 6.61. The maximum absolute atomic E-state index is 10.8. The van der Waals surface area contributed by atoms with Gasteiger partial charge >= 0.3 is 0 Å². The Labute approximate surface area is 111 Å². The number of nitro benzene ring substituents is 1. The van der Waals surface area contributed by atoms with Gasteiger partial charge in [0.05, 0.1) is 10.4 Å². The summed E-state index contributed by atoms with van der Waals surface area (Å²) in [5.74, 6) is 0. The first-order valence-corrected chi connectivity index (χ1v) is 6.02. The first kappa shape index (κ1) is 13.0. The van der Waals surface area contributed by atoms with Gasteiger partial charge in [-0.05, 0) is 25.5 Å². The van der Waals surface area contributed by atoms with Crippen LogP contribution in [0.15, 0.2) is 36.9 Å². The van der Waals surface area contributed by atoms with Crippen LogP contribution < -0.4 is 5.32 Å². The van der Waals surface area contributed by atoms with Crippen LogP contribution in [0.2, 0.25) is 0 Å². The van der Waals surface area contributed by atoms with Gasteiger partial charge in [0, 0.05) is 35.4 Å². The van der Waals surface area contributed by atoms with Crippen molar-refractivity contribution in [1.82, 2.24) is 4.98 Å². The molecule has 0 amide bonds. The van der Waals surface area contributed by atoms with E-state index in [0.29, 0.717) is 0 Å². The van der Waals surface area contributed by atoms with Gasteiger partial charge in [-0.15, -0.1) is 6.58 Å². The van der Waals surface area contributed by atoms with Gasteiger partial charge < -0.3 is 5.32 Å². The molecule has 5 nitrogen and oxygen atoms in total. The zero-order valence-corrected chi connectivity index (χ0v) is 10.7. The van der Waals surface area contributed by atoms with Gasteiger partial charge in [0.1, 0.15) is 0 Å². The third-order valence-electron chi connectivity index (χ3n) is 2.80. The van der Waals surface area contributed by atoms with E-state index in [9.17, 15) is 10.1 Å². The van der Waals surface area contributed by atoms with Crippen molar-refractivity contribution >= 4 is 22.3 Å². The van der Waals surface area contributed by atoms with Crippen LogP contribution in [0.1, 0.15) is 12.1 Å². The van der Waals surface area contributed by atoms with Crippen molar-refractivity contribution < 1.29 is 4.92 Å². The number of aryl methyl sites for hydroxylation is 1. The van der Waals surface area contributed by atoms with Crippen LogP contribution in [-0.2, 0) is 0 Å². The lowest BCUT2D eigenvalue weighted by atomic mass is 10.1. The molecule has 1 N–H and O–H groups in total. The van der Waals surface area contributed by atoms with Crippen LogP contribution >= 0.6 is 0 Å². The molecular weight excluding hydrogens is 242 g/mol. The molecule has 1 aromatic carbocycles. The van der Waals surface area contributed by atoms with Gasteiger partial charge in [-0.2, -0.15) is 0 Å². The summed E-state index contributed by atoms with van der Waals surface area (Å²) >= 11 is 0. The van der Waals surface area contributed by atoms with E-state index in [1.807, 2.05) is 19.1 Å². The van der Waals surface area contributed by atoms with E-state index in [-0.39, 0.29) is 5.69 Å². The van der Waals surface area contributed by atoms with E-state index in [1.165, 1.54) is 6.07 Å². The molecule has 0 atom stereocenters. The highest BCUT2D eigenvalue weighted by molar-refractivity contribution is 5.93. The molecule has 0 saturated carbocycles. The van der Waals surface area contributed by atoms with E-state index in [1.54, 1.807) is 12.1 Å². The van der Waals surface area contributed by atoms with Gasteiger partial charge in [-0.3, -0.25) is 15.1 Å². The highest BCUT2D eigenvalue weighted by Crippen LogP contribution is 2.27. The molecule has 5 heteroatoms. The normalized spacial score (nSPS) is 10.4. The molecule has 2 rings (SSSR count). The predicted molar refractivity (Wildman–Crippen MR) is 76.4 cm³/mol. The first-order valence-electron chi connectivity index (χ1n) is 6.02. The van der Waals surface area contributed by atoms with Crippen LogP contribution in [0, 0.1) is 17.0 Å². The van der Waals surface area contributed by atoms with E-state index in [2.05, 4.69) is 16.9 Å².